The van der Waals surface area contributed by atoms with Crippen molar-refractivity contribution >= 4 is 11.7 Å². The minimum atomic E-state index is -0.596. The summed E-state index contributed by atoms with van der Waals surface area (Å²) < 4.78 is 6.07. The van der Waals surface area contributed by atoms with E-state index in [1.54, 1.807) is 0 Å². The van der Waals surface area contributed by atoms with Crippen LogP contribution >= 0.6 is 0 Å². The van der Waals surface area contributed by atoms with Gasteiger partial charge in [-0.1, -0.05) is 19.1 Å². The molecular weight excluding hydrogens is 218 g/mol. The monoisotopic (exact) mass is 235 g/mol. The predicted octanol–water partition coefficient (Wildman–Crippen LogP) is 0.814. The second-order valence-corrected chi connectivity index (χ2v) is 5.48. The van der Waals surface area contributed by atoms with Gasteiger partial charge in [0, 0.05) is 6.42 Å². The topological polar surface area (TPSA) is 55.4 Å². The number of ether oxygens (including phenoxy) is 1. The summed E-state index contributed by atoms with van der Waals surface area (Å²) in [5.74, 6) is -0.604. The lowest BCUT2D eigenvalue weighted by Crippen LogP contribution is -2.43. The highest BCUT2D eigenvalue weighted by molar-refractivity contribution is 5.94. The van der Waals surface area contributed by atoms with Crippen LogP contribution in [0.4, 0.5) is 0 Å². The molecule has 0 aromatic carbocycles. The van der Waals surface area contributed by atoms with Crippen molar-refractivity contribution in [2.45, 2.75) is 44.4 Å². The fraction of sp³-hybridized carbons (Fsp3) is 0.692. The molecular formula is C13H17NO3. The molecule has 3 heterocycles. The Kier molecular flexibility index (Phi) is 1.93. The summed E-state index contributed by atoms with van der Waals surface area (Å²) in [6.07, 6.45) is 4.38. The Labute approximate surface area is 100 Å². The first-order valence-corrected chi connectivity index (χ1v) is 6.18. The van der Waals surface area contributed by atoms with Gasteiger partial charge in [0.25, 0.3) is 0 Å². The van der Waals surface area contributed by atoms with Crippen molar-refractivity contribution < 1.29 is 14.3 Å². The minimum Gasteiger partial charge on any atom is -0.357 e. The first-order chi connectivity index (χ1) is 7.94. The molecule has 17 heavy (non-hydrogen) atoms. The highest BCUT2D eigenvalue weighted by Crippen LogP contribution is 2.57. The Bertz CT molecular complexity index is 436. The van der Waals surface area contributed by atoms with Crippen molar-refractivity contribution in [3.63, 3.8) is 0 Å². The van der Waals surface area contributed by atoms with Gasteiger partial charge in [-0.2, -0.15) is 0 Å². The molecule has 2 bridgehead atoms. The molecule has 0 aromatic rings. The Balaban J connectivity index is 2.11. The van der Waals surface area contributed by atoms with Crippen molar-refractivity contribution in [2.75, 3.05) is 0 Å². The highest BCUT2D eigenvalue weighted by Gasteiger charge is 2.71. The second-order valence-electron chi connectivity index (χ2n) is 5.48. The van der Waals surface area contributed by atoms with E-state index in [1.807, 2.05) is 32.9 Å². The van der Waals surface area contributed by atoms with E-state index in [9.17, 15) is 9.59 Å². The number of amides is 1. The van der Waals surface area contributed by atoms with Crippen LogP contribution in [0.5, 0.6) is 0 Å². The zero-order chi connectivity index (χ0) is 12.4. The Morgan fingerprint density at radius 2 is 2.24 bits per heavy atom. The molecule has 1 N–H and O–H groups in total. The van der Waals surface area contributed by atoms with Gasteiger partial charge in [0.1, 0.15) is 11.4 Å². The van der Waals surface area contributed by atoms with Gasteiger partial charge in [-0.15, -0.1) is 0 Å². The van der Waals surface area contributed by atoms with Gasteiger partial charge in [0.05, 0.1) is 23.5 Å². The van der Waals surface area contributed by atoms with Crippen LogP contribution in [0.25, 0.3) is 0 Å². The van der Waals surface area contributed by atoms with Crippen molar-refractivity contribution in [2.24, 2.45) is 11.8 Å². The average Bonchev–Trinajstić information content (AvgIpc) is 2.84. The third-order valence-corrected chi connectivity index (χ3v) is 4.52. The zero-order valence-corrected chi connectivity index (χ0v) is 10.3. The zero-order valence-electron chi connectivity index (χ0n) is 10.3. The van der Waals surface area contributed by atoms with E-state index in [0.717, 1.165) is 0 Å². The van der Waals surface area contributed by atoms with E-state index >= 15 is 0 Å². The Morgan fingerprint density at radius 1 is 1.53 bits per heavy atom. The molecule has 1 spiro atoms. The lowest BCUT2D eigenvalue weighted by molar-refractivity contribution is -0.132. The number of nitrogens with one attached hydrogen (secondary N) is 1. The minimum absolute atomic E-state index is 0.0441. The van der Waals surface area contributed by atoms with Crippen LogP contribution in [0.15, 0.2) is 12.2 Å². The molecule has 4 heteroatoms. The fourth-order valence-electron chi connectivity index (χ4n) is 3.67. The van der Waals surface area contributed by atoms with Gasteiger partial charge in [-0.3, -0.25) is 9.59 Å². The van der Waals surface area contributed by atoms with Crippen molar-refractivity contribution in [1.82, 2.24) is 5.32 Å². The predicted molar refractivity (Wildman–Crippen MR) is 61.2 cm³/mol. The first-order valence-electron chi connectivity index (χ1n) is 6.18. The van der Waals surface area contributed by atoms with Gasteiger partial charge in [0.15, 0.2) is 0 Å². The van der Waals surface area contributed by atoms with Crippen LogP contribution in [-0.2, 0) is 14.3 Å². The molecule has 1 amide bonds. The third-order valence-electron chi connectivity index (χ3n) is 4.52. The summed E-state index contributed by atoms with van der Waals surface area (Å²) in [5.41, 5.74) is -1.19. The van der Waals surface area contributed by atoms with E-state index in [2.05, 4.69) is 5.32 Å². The Hall–Kier alpha value is -1.16. The number of hydrogen-bond donors (Lipinski definition) is 1. The first kappa shape index (κ1) is 11.0. The number of rotatable bonds is 2. The molecule has 0 aromatic heterocycles. The van der Waals surface area contributed by atoms with Crippen molar-refractivity contribution in [3.8, 4) is 0 Å². The molecule has 0 saturated carbocycles. The fourth-order valence-corrected chi connectivity index (χ4v) is 3.67. The number of carbonyl (C=O) groups is 2. The maximum Gasteiger partial charge on any atom is 0.227 e. The van der Waals surface area contributed by atoms with Gasteiger partial charge in [-0.05, 0) is 13.8 Å². The molecule has 92 valence electrons. The van der Waals surface area contributed by atoms with E-state index in [4.69, 9.17) is 4.74 Å². The van der Waals surface area contributed by atoms with Gasteiger partial charge < -0.3 is 10.1 Å². The molecule has 2 fully saturated rings. The van der Waals surface area contributed by atoms with Crippen LogP contribution in [-0.4, -0.2) is 28.9 Å². The molecule has 3 aliphatic heterocycles. The van der Waals surface area contributed by atoms with Crippen LogP contribution in [0.1, 0.15) is 27.2 Å². The molecule has 4 nitrogen and oxygen atoms in total. The summed E-state index contributed by atoms with van der Waals surface area (Å²) in [7, 11) is 0. The quantitative estimate of drug-likeness (QED) is 0.721. The molecule has 3 rings (SSSR count). The lowest BCUT2D eigenvalue weighted by atomic mass is 9.69. The summed E-state index contributed by atoms with van der Waals surface area (Å²) >= 11 is 0. The number of carbonyl (C=O) groups excluding carboxylic acids is 2. The highest BCUT2D eigenvalue weighted by atomic mass is 16.5. The van der Waals surface area contributed by atoms with E-state index < -0.39 is 11.2 Å². The van der Waals surface area contributed by atoms with Crippen LogP contribution in [0, 0.1) is 11.8 Å². The van der Waals surface area contributed by atoms with E-state index in [1.165, 1.54) is 0 Å². The number of ketones is 1. The summed E-state index contributed by atoms with van der Waals surface area (Å²) in [6.45, 7) is 5.69. The SMILES string of the molecule is CCC(=O)[C@@H]1[C@H]2C(=O)N[C@@H](C)[C@]23C=CC1(C)O3. The Morgan fingerprint density at radius 3 is 2.88 bits per heavy atom. The molecule has 2 saturated heterocycles. The van der Waals surface area contributed by atoms with Gasteiger partial charge in [-0.25, -0.2) is 0 Å². The van der Waals surface area contributed by atoms with Crippen molar-refractivity contribution in [3.05, 3.63) is 12.2 Å². The molecule has 5 atom stereocenters. The summed E-state index contributed by atoms with van der Waals surface area (Å²) in [4.78, 5) is 24.2. The van der Waals surface area contributed by atoms with E-state index in [0.29, 0.717) is 6.42 Å². The smallest absolute Gasteiger partial charge is 0.227 e. The number of fused-ring (bicyclic) bond motifs is 1. The standard InChI is InChI=1S/C13H17NO3/c1-4-8(15)9-10-11(16)14-7(2)13(10)6-5-12(9,3)17-13/h5-7,9-10H,4H2,1-3H3,(H,14,16)/t7-,9+,10-,12?,13+/m0/s1. The molecule has 0 aliphatic carbocycles. The second kappa shape index (κ2) is 2.99. The van der Waals surface area contributed by atoms with Gasteiger partial charge in [0.2, 0.25) is 5.91 Å². The van der Waals surface area contributed by atoms with Crippen LogP contribution < -0.4 is 5.32 Å². The molecule has 1 unspecified atom stereocenters. The summed E-state index contributed by atoms with van der Waals surface area (Å²) in [5, 5.41) is 2.90. The van der Waals surface area contributed by atoms with Crippen molar-refractivity contribution in [1.29, 1.82) is 0 Å². The van der Waals surface area contributed by atoms with Gasteiger partial charge >= 0.3 is 0 Å². The largest absolute Gasteiger partial charge is 0.357 e. The maximum absolute atomic E-state index is 12.1. The normalized spacial score (nSPS) is 50.5. The van der Waals surface area contributed by atoms with E-state index in [-0.39, 0.29) is 29.6 Å². The number of hydrogen-bond acceptors (Lipinski definition) is 3. The third kappa shape index (κ3) is 1.07. The molecule has 3 aliphatic rings. The van der Waals surface area contributed by atoms with Crippen LogP contribution in [0.2, 0.25) is 0 Å². The lowest BCUT2D eigenvalue weighted by Gasteiger charge is -2.27. The number of Topliss-reactive ketones (excluding diaryl/α,β-unsaturated/α-hetero) is 1. The van der Waals surface area contributed by atoms with Crippen LogP contribution in [0.3, 0.4) is 0 Å². The maximum atomic E-state index is 12.1. The average molecular weight is 235 g/mol. The summed E-state index contributed by atoms with van der Waals surface area (Å²) in [6, 6.07) is -0.0623. The molecule has 0 radical (unpaired) electrons.